The van der Waals surface area contributed by atoms with E-state index < -0.39 is 36.6 Å². The Morgan fingerprint density at radius 1 is 1.29 bits per heavy atom. The van der Waals surface area contributed by atoms with Crippen LogP contribution in [0, 0.1) is 0 Å². The molecule has 13 heteroatoms. The number of rotatable bonds is 7. The summed E-state index contributed by atoms with van der Waals surface area (Å²) in [6, 6.07) is 3.55. The van der Waals surface area contributed by atoms with Gasteiger partial charge in [-0.1, -0.05) is 0 Å². The Hall–Kier alpha value is -3.09. The van der Waals surface area contributed by atoms with Crippen LogP contribution >= 0.6 is 0 Å². The van der Waals surface area contributed by atoms with Crippen molar-refractivity contribution in [3.8, 4) is 0 Å². The summed E-state index contributed by atoms with van der Waals surface area (Å²) in [6.45, 7) is 0.0506. The van der Waals surface area contributed by atoms with Crippen LogP contribution in [-0.4, -0.2) is 71.6 Å². The zero-order chi connectivity index (χ0) is 25.2. The highest BCUT2D eigenvalue weighted by Gasteiger charge is 2.45. The molecule has 1 amide bonds. The van der Waals surface area contributed by atoms with E-state index in [4.69, 9.17) is 4.74 Å². The monoisotopic (exact) mass is 500 g/mol. The molecule has 2 aliphatic rings. The van der Waals surface area contributed by atoms with Crippen molar-refractivity contribution >= 4 is 23.5 Å². The summed E-state index contributed by atoms with van der Waals surface area (Å²) in [5, 5.41) is 2.59. The number of carbonyl (C=O) groups excluding carboxylic acids is 1. The largest absolute Gasteiger partial charge is 0.419 e. The van der Waals surface area contributed by atoms with Crippen LogP contribution in [0.4, 0.5) is 39.5 Å². The molecule has 8 nitrogen and oxygen atoms in total. The Balaban J connectivity index is 1.63. The van der Waals surface area contributed by atoms with E-state index in [9.17, 15) is 26.7 Å². The molecule has 1 atom stereocenters. The molecule has 35 heavy (non-hydrogen) atoms. The number of methoxy groups -OCH3 is 1. The number of alkyl halides is 5. The van der Waals surface area contributed by atoms with Crippen LogP contribution in [0.3, 0.4) is 0 Å². The van der Waals surface area contributed by atoms with Crippen molar-refractivity contribution in [1.29, 1.82) is 0 Å². The molecule has 0 radical (unpaired) electrons. The lowest BCUT2D eigenvalue weighted by molar-refractivity contribution is -0.137. The molecule has 0 saturated carbocycles. The SMILES string of the molecule is COCCC(=O)N1CCCC(c2cc(Nc3ncccc3C(F)(F)F)nc(N3CC(F)(F)C3)n2)C1. The van der Waals surface area contributed by atoms with E-state index >= 15 is 0 Å². The van der Waals surface area contributed by atoms with Crippen LogP contribution in [0.2, 0.25) is 0 Å². The summed E-state index contributed by atoms with van der Waals surface area (Å²) in [6.07, 6.45) is -1.83. The van der Waals surface area contributed by atoms with Crippen LogP contribution in [-0.2, 0) is 15.7 Å². The van der Waals surface area contributed by atoms with Crippen molar-refractivity contribution in [2.75, 3.05) is 50.1 Å². The minimum atomic E-state index is -4.65. The first-order chi connectivity index (χ1) is 16.6. The average Bonchev–Trinajstić information content (AvgIpc) is 2.80. The normalized spacial score (nSPS) is 19.9. The fourth-order valence-corrected chi connectivity index (χ4v) is 4.17. The second-order valence-corrected chi connectivity index (χ2v) is 8.63. The number of piperidine rings is 1. The van der Waals surface area contributed by atoms with Gasteiger partial charge in [-0.2, -0.15) is 18.2 Å². The van der Waals surface area contributed by atoms with E-state index in [0.29, 0.717) is 38.2 Å². The number of nitrogens with zero attached hydrogens (tertiary/aromatic N) is 5. The molecule has 2 fully saturated rings. The molecule has 190 valence electrons. The van der Waals surface area contributed by atoms with Gasteiger partial charge in [0.15, 0.2) is 0 Å². The van der Waals surface area contributed by atoms with Crippen LogP contribution in [0.5, 0.6) is 0 Å². The van der Waals surface area contributed by atoms with E-state index in [1.807, 2.05) is 0 Å². The molecule has 0 spiro atoms. The highest BCUT2D eigenvalue weighted by Crippen LogP contribution is 2.36. The summed E-state index contributed by atoms with van der Waals surface area (Å²) in [5.74, 6) is -3.65. The van der Waals surface area contributed by atoms with Gasteiger partial charge < -0.3 is 19.9 Å². The number of nitrogens with one attached hydrogen (secondary N) is 1. The second kappa shape index (κ2) is 9.88. The minimum absolute atomic E-state index is 0.00671. The Morgan fingerprint density at radius 2 is 2.06 bits per heavy atom. The quantitative estimate of drug-likeness (QED) is 0.579. The predicted octanol–water partition coefficient (Wildman–Crippen LogP) is 3.83. The van der Waals surface area contributed by atoms with E-state index in [2.05, 4.69) is 20.3 Å². The van der Waals surface area contributed by atoms with Crippen LogP contribution < -0.4 is 10.2 Å². The molecule has 2 aliphatic heterocycles. The van der Waals surface area contributed by atoms with Gasteiger partial charge in [-0.25, -0.2) is 18.7 Å². The standard InChI is InChI=1S/C22H25F5N6O2/c1-35-9-6-18(34)32-8-3-4-14(11-32)16-10-17(31-20(29-16)33-12-21(23,24)13-33)30-19-15(22(25,26)27)5-2-7-28-19/h2,5,7,10,14H,3-4,6,8-9,11-13H2,1H3,(H,28,29,30,31). The van der Waals surface area contributed by atoms with E-state index in [1.54, 1.807) is 4.90 Å². The second-order valence-electron chi connectivity index (χ2n) is 8.63. The molecular weight excluding hydrogens is 475 g/mol. The molecule has 4 rings (SSSR count). The van der Waals surface area contributed by atoms with Crippen molar-refractivity contribution in [3.05, 3.63) is 35.7 Å². The third-order valence-electron chi connectivity index (χ3n) is 5.93. The summed E-state index contributed by atoms with van der Waals surface area (Å²) in [7, 11) is 1.51. The van der Waals surface area contributed by atoms with E-state index in [0.717, 1.165) is 6.07 Å². The smallest absolute Gasteiger partial charge is 0.384 e. The van der Waals surface area contributed by atoms with Crippen molar-refractivity contribution in [2.45, 2.75) is 37.3 Å². The van der Waals surface area contributed by atoms with Gasteiger partial charge in [-0.3, -0.25) is 4.79 Å². The Bertz CT molecular complexity index is 1060. The number of likely N-dealkylation sites (tertiary alicyclic amines) is 1. The number of hydrogen-bond donors (Lipinski definition) is 1. The van der Waals surface area contributed by atoms with E-state index in [1.165, 1.54) is 30.3 Å². The molecule has 2 aromatic heterocycles. The highest BCUT2D eigenvalue weighted by molar-refractivity contribution is 5.76. The number of anilines is 3. The Morgan fingerprint density at radius 3 is 2.74 bits per heavy atom. The molecule has 4 heterocycles. The zero-order valence-corrected chi connectivity index (χ0v) is 19.0. The topological polar surface area (TPSA) is 83.5 Å². The fraction of sp³-hybridized carbons (Fsp3) is 0.545. The van der Waals surface area contributed by atoms with Crippen LogP contribution in [0.25, 0.3) is 0 Å². The Kier molecular flexibility index (Phi) is 7.06. The lowest BCUT2D eigenvalue weighted by Crippen LogP contribution is -2.57. The van der Waals surface area contributed by atoms with Gasteiger partial charge >= 0.3 is 6.18 Å². The summed E-state index contributed by atoms with van der Waals surface area (Å²) < 4.78 is 72.3. The number of pyridine rings is 1. The maximum absolute atomic E-state index is 13.5. The van der Waals surface area contributed by atoms with E-state index in [-0.39, 0.29) is 30.0 Å². The average molecular weight is 500 g/mol. The van der Waals surface area contributed by atoms with Crippen LogP contribution in [0.1, 0.15) is 36.4 Å². The Labute approximate surface area is 198 Å². The first kappa shape index (κ1) is 25.0. The number of aromatic nitrogens is 3. The van der Waals surface area contributed by atoms with Gasteiger partial charge in [0.05, 0.1) is 37.4 Å². The van der Waals surface area contributed by atoms with Gasteiger partial charge in [0.25, 0.3) is 5.92 Å². The van der Waals surface area contributed by atoms with Gasteiger partial charge in [-0.05, 0) is 25.0 Å². The van der Waals surface area contributed by atoms with Crippen molar-refractivity contribution in [3.63, 3.8) is 0 Å². The predicted molar refractivity (Wildman–Crippen MR) is 117 cm³/mol. The summed E-state index contributed by atoms with van der Waals surface area (Å²) >= 11 is 0. The number of carbonyl (C=O) groups is 1. The molecule has 1 N–H and O–H groups in total. The third kappa shape index (κ3) is 5.95. The van der Waals surface area contributed by atoms with Gasteiger partial charge in [-0.15, -0.1) is 0 Å². The molecule has 1 unspecified atom stereocenters. The maximum atomic E-state index is 13.5. The molecule has 0 bridgehead atoms. The fourth-order valence-electron chi connectivity index (χ4n) is 4.17. The number of hydrogen-bond acceptors (Lipinski definition) is 7. The number of halogens is 5. The number of ether oxygens (including phenoxy) is 1. The minimum Gasteiger partial charge on any atom is -0.384 e. The molecule has 0 aromatic carbocycles. The van der Waals surface area contributed by atoms with Crippen molar-refractivity contribution in [1.82, 2.24) is 19.9 Å². The molecule has 0 aliphatic carbocycles. The summed E-state index contributed by atoms with van der Waals surface area (Å²) in [4.78, 5) is 27.9. The maximum Gasteiger partial charge on any atom is 0.419 e. The molecule has 2 saturated heterocycles. The van der Waals surface area contributed by atoms with Gasteiger partial charge in [0.2, 0.25) is 11.9 Å². The van der Waals surface area contributed by atoms with Crippen molar-refractivity contribution in [2.24, 2.45) is 0 Å². The lowest BCUT2D eigenvalue weighted by Gasteiger charge is -2.39. The first-order valence-electron chi connectivity index (χ1n) is 11.1. The lowest BCUT2D eigenvalue weighted by atomic mass is 9.94. The van der Waals surface area contributed by atoms with Gasteiger partial charge in [0, 0.05) is 38.4 Å². The third-order valence-corrected chi connectivity index (χ3v) is 5.93. The zero-order valence-electron chi connectivity index (χ0n) is 19.0. The summed E-state index contributed by atoms with van der Waals surface area (Å²) in [5.41, 5.74) is -0.522. The molecular formula is C22H25F5N6O2. The van der Waals surface area contributed by atoms with Gasteiger partial charge in [0.1, 0.15) is 11.6 Å². The highest BCUT2D eigenvalue weighted by atomic mass is 19.4. The molecule has 2 aromatic rings. The number of amides is 1. The van der Waals surface area contributed by atoms with Crippen molar-refractivity contribution < 1.29 is 31.5 Å². The first-order valence-corrected chi connectivity index (χ1v) is 11.1. The van der Waals surface area contributed by atoms with Crippen LogP contribution in [0.15, 0.2) is 24.4 Å².